The summed E-state index contributed by atoms with van der Waals surface area (Å²) >= 11 is 3.89. The molecule has 0 saturated heterocycles. The lowest BCUT2D eigenvalue weighted by Gasteiger charge is -2.20. The molecule has 6 nitrogen and oxygen atoms in total. The third-order valence-corrected chi connectivity index (χ3v) is 7.18. The summed E-state index contributed by atoms with van der Waals surface area (Å²) in [5.41, 5.74) is 0. The second kappa shape index (κ2) is 25.6. The van der Waals surface area contributed by atoms with E-state index in [1.54, 1.807) is 0 Å². The van der Waals surface area contributed by atoms with Crippen LogP contribution in [-0.4, -0.2) is 97.2 Å². The summed E-state index contributed by atoms with van der Waals surface area (Å²) in [5.74, 6) is 4.33. The van der Waals surface area contributed by atoms with Gasteiger partial charge in [-0.15, -0.1) is 0 Å². The van der Waals surface area contributed by atoms with Crippen LogP contribution in [0.15, 0.2) is 0 Å². The molecule has 0 rings (SSSR count). The molecule has 0 unspecified atom stereocenters. The first-order valence-corrected chi connectivity index (χ1v) is 15.8. The Labute approximate surface area is 218 Å². The van der Waals surface area contributed by atoms with Crippen LogP contribution in [0.5, 0.6) is 0 Å². The van der Waals surface area contributed by atoms with Crippen molar-refractivity contribution in [3.05, 3.63) is 0 Å². The fraction of sp³-hybridized carbons (Fsp3) is 0.923. The molecular weight excluding hydrogens is 468 g/mol. The Kier molecular flexibility index (Phi) is 25.3. The molecule has 8 heteroatoms. The van der Waals surface area contributed by atoms with Crippen molar-refractivity contribution in [3.8, 4) is 0 Å². The van der Waals surface area contributed by atoms with Gasteiger partial charge in [0.2, 0.25) is 0 Å². The van der Waals surface area contributed by atoms with Crippen molar-refractivity contribution in [2.75, 3.05) is 75.5 Å². The normalized spacial score (nSPS) is 11.4. The molecule has 0 spiro atoms. The van der Waals surface area contributed by atoms with Crippen LogP contribution in [0.4, 0.5) is 0 Å². The summed E-state index contributed by atoms with van der Waals surface area (Å²) in [6.45, 7) is 15.4. The minimum absolute atomic E-state index is 0.0939. The molecule has 34 heavy (non-hydrogen) atoms. The lowest BCUT2D eigenvalue weighted by Crippen LogP contribution is -2.30. The van der Waals surface area contributed by atoms with Crippen molar-refractivity contribution in [1.29, 1.82) is 0 Å². The Morgan fingerprint density at radius 3 is 1.35 bits per heavy atom. The molecule has 0 atom stereocenters. The standard InChI is InChI=1S/C26H52N2O4S2/c1-5-15-27(19-23-33-7-3)17-13-25(29)31-21-11-9-10-12-22-32-26(30)14-18-28(16-6-2)20-24-34-8-4/h5-24H2,1-4H3. The number of ether oxygens (including phenoxy) is 2. The lowest BCUT2D eigenvalue weighted by molar-refractivity contribution is -0.145. The Morgan fingerprint density at radius 2 is 1.00 bits per heavy atom. The predicted molar refractivity (Wildman–Crippen MR) is 149 cm³/mol. The van der Waals surface area contributed by atoms with E-state index < -0.39 is 0 Å². The Morgan fingerprint density at radius 1 is 0.588 bits per heavy atom. The van der Waals surface area contributed by atoms with Crippen molar-refractivity contribution in [3.63, 3.8) is 0 Å². The number of unbranched alkanes of at least 4 members (excludes halogenated alkanes) is 3. The molecule has 0 bridgehead atoms. The molecule has 202 valence electrons. The summed E-state index contributed by atoms with van der Waals surface area (Å²) < 4.78 is 10.8. The average molecular weight is 521 g/mol. The van der Waals surface area contributed by atoms with Gasteiger partial charge in [-0.3, -0.25) is 9.59 Å². The Hall–Kier alpha value is -0.440. The molecule has 0 aromatic carbocycles. The smallest absolute Gasteiger partial charge is 0.307 e. The highest BCUT2D eigenvalue weighted by Crippen LogP contribution is 2.06. The van der Waals surface area contributed by atoms with E-state index in [-0.39, 0.29) is 11.9 Å². The summed E-state index contributed by atoms with van der Waals surface area (Å²) in [6.07, 6.45) is 6.87. The minimum atomic E-state index is -0.0939. The molecule has 0 heterocycles. The zero-order chi connectivity index (χ0) is 25.3. The number of carbonyl (C=O) groups is 2. The highest BCUT2D eigenvalue weighted by molar-refractivity contribution is 7.99. The summed E-state index contributed by atoms with van der Waals surface area (Å²) in [5, 5.41) is 0. The van der Waals surface area contributed by atoms with E-state index in [0.717, 1.165) is 101 Å². The van der Waals surface area contributed by atoms with Gasteiger partial charge in [-0.2, -0.15) is 23.5 Å². The van der Waals surface area contributed by atoms with Crippen LogP contribution in [0.2, 0.25) is 0 Å². The zero-order valence-corrected chi connectivity index (χ0v) is 24.1. The van der Waals surface area contributed by atoms with Gasteiger partial charge in [0.1, 0.15) is 0 Å². The summed E-state index contributed by atoms with van der Waals surface area (Å²) in [6, 6.07) is 0. The highest BCUT2D eigenvalue weighted by Gasteiger charge is 2.10. The quantitative estimate of drug-likeness (QED) is 0.118. The minimum Gasteiger partial charge on any atom is -0.466 e. The van der Waals surface area contributed by atoms with Crippen LogP contribution in [0, 0.1) is 0 Å². The van der Waals surface area contributed by atoms with Crippen LogP contribution in [0.3, 0.4) is 0 Å². The largest absolute Gasteiger partial charge is 0.466 e. The van der Waals surface area contributed by atoms with Crippen molar-refractivity contribution in [2.45, 2.75) is 79.1 Å². The maximum Gasteiger partial charge on any atom is 0.307 e. The zero-order valence-electron chi connectivity index (χ0n) is 22.5. The van der Waals surface area contributed by atoms with E-state index in [1.165, 1.54) is 0 Å². The number of hydrogen-bond acceptors (Lipinski definition) is 8. The number of esters is 2. The van der Waals surface area contributed by atoms with Gasteiger partial charge in [0.25, 0.3) is 0 Å². The van der Waals surface area contributed by atoms with Crippen LogP contribution in [0.1, 0.15) is 79.1 Å². The van der Waals surface area contributed by atoms with Gasteiger partial charge in [0.15, 0.2) is 0 Å². The molecule has 0 saturated carbocycles. The molecule has 0 aliphatic carbocycles. The fourth-order valence-electron chi connectivity index (χ4n) is 3.55. The van der Waals surface area contributed by atoms with Crippen molar-refractivity contribution < 1.29 is 19.1 Å². The maximum atomic E-state index is 12.0. The molecule has 0 N–H and O–H groups in total. The van der Waals surface area contributed by atoms with Crippen molar-refractivity contribution >= 4 is 35.5 Å². The lowest BCUT2D eigenvalue weighted by atomic mass is 10.2. The maximum absolute atomic E-state index is 12.0. The van der Waals surface area contributed by atoms with E-state index in [1.807, 2.05) is 23.5 Å². The first-order chi connectivity index (χ1) is 16.6. The van der Waals surface area contributed by atoms with Crippen LogP contribution < -0.4 is 0 Å². The topological polar surface area (TPSA) is 59.1 Å². The summed E-state index contributed by atoms with van der Waals surface area (Å²) in [7, 11) is 0. The molecule has 0 aliphatic heterocycles. The van der Waals surface area contributed by atoms with Gasteiger partial charge < -0.3 is 19.3 Å². The number of thioether (sulfide) groups is 2. The van der Waals surface area contributed by atoms with Crippen LogP contribution in [-0.2, 0) is 19.1 Å². The molecule has 0 aromatic rings. The van der Waals surface area contributed by atoms with Gasteiger partial charge in [-0.25, -0.2) is 0 Å². The SMILES string of the molecule is CCCN(CCSCC)CCC(=O)OCCCCCCOC(=O)CCN(CCC)CCSCC. The number of hydrogen-bond donors (Lipinski definition) is 0. The Balaban J connectivity index is 3.70. The molecule has 0 aliphatic rings. The third-order valence-electron chi connectivity index (χ3n) is 5.42. The van der Waals surface area contributed by atoms with Gasteiger partial charge >= 0.3 is 11.9 Å². The predicted octanol–water partition coefficient (Wildman–Crippen LogP) is 5.34. The van der Waals surface area contributed by atoms with E-state index >= 15 is 0 Å². The number of carbonyl (C=O) groups excluding carboxylic acids is 2. The first-order valence-electron chi connectivity index (χ1n) is 13.5. The molecular formula is C26H52N2O4S2. The summed E-state index contributed by atoms with van der Waals surface area (Å²) in [4.78, 5) is 28.7. The van der Waals surface area contributed by atoms with Crippen molar-refractivity contribution in [2.24, 2.45) is 0 Å². The third kappa shape index (κ3) is 22.1. The van der Waals surface area contributed by atoms with Gasteiger partial charge in [-0.1, -0.05) is 27.7 Å². The average Bonchev–Trinajstić information content (AvgIpc) is 2.82. The van der Waals surface area contributed by atoms with E-state index in [4.69, 9.17) is 9.47 Å². The van der Waals surface area contributed by atoms with E-state index in [9.17, 15) is 9.59 Å². The molecule has 0 amide bonds. The van der Waals surface area contributed by atoms with E-state index in [2.05, 4.69) is 37.5 Å². The highest BCUT2D eigenvalue weighted by atomic mass is 32.2. The molecule has 0 radical (unpaired) electrons. The van der Waals surface area contributed by atoms with Crippen molar-refractivity contribution in [1.82, 2.24) is 9.80 Å². The second-order valence-corrected chi connectivity index (χ2v) is 11.2. The number of nitrogens with zero attached hydrogens (tertiary/aromatic N) is 2. The van der Waals surface area contributed by atoms with Crippen LogP contribution in [0.25, 0.3) is 0 Å². The van der Waals surface area contributed by atoms with Crippen LogP contribution >= 0.6 is 23.5 Å². The molecule has 0 fully saturated rings. The van der Waals surface area contributed by atoms with E-state index in [0.29, 0.717) is 26.1 Å². The van der Waals surface area contributed by atoms with Gasteiger partial charge in [0, 0.05) is 37.7 Å². The van der Waals surface area contributed by atoms with Gasteiger partial charge in [0.05, 0.1) is 26.1 Å². The fourth-order valence-corrected chi connectivity index (χ4v) is 4.90. The first kappa shape index (κ1) is 33.6. The van der Waals surface area contributed by atoms with Gasteiger partial charge in [-0.05, 0) is 63.1 Å². The number of rotatable bonds is 25. The Bertz CT molecular complexity index is 442. The molecule has 0 aromatic heterocycles. The second-order valence-electron chi connectivity index (χ2n) is 8.43. The monoisotopic (exact) mass is 520 g/mol.